The molecule has 0 saturated heterocycles. The molecule has 0 saturated carbocycles. The molecule has 0 aliphatic carbocycles. The highest BCUT2D eigenvalue weighted by Crippen LogP contribution is 1.80. The number of rotatable bonds is 5. The van der Waals surface area contributed by atoms with Gasteiger partial charge in [-0.15, -0.1) is 0 Å². The van der Waals surface area contributed by atoms with Gasteiger partial charge in [-0.3, -0.25) is 9.69 Å². The van der Waals surface area contributed by atoms with Gasteiger partial charge in [0.05, 0.1) is 6.54 Å². The molecule has 1 N–H and O–H groups in total. The van der Waals surface area contributed by atoms with Gasteiger partial charge in [0, 0.05) is 6.54 Å². The van der Waals surface area contributed by atoms with Crippen molar-refractivity contribution in [2.75, 3.05) is 26.7 Å². The third-order valence-corrected chi connectivity index (χ3v) is 1.24. The molecule has 4 heteroatoms. The fourth-order valence-corrected chi connectivity index (χ4v) is 0.762. The zero-order valence-corrected chi connectivity index (χ0v) is 6.98. The van der Waals surface area contributed by atoms with Crippen molar-refractivity contribution in [1.82, 2.24) is 10.1 Å². The van der Waals surface area contributed by atoms with E-state index in [0.29, 0.717) is 6.54 Å². The summed E-state index contributed by atoms with van der Waals surface area (Å²) in [5.41, 5.74) is 0. The summed E-state index contributed by atoms with van der Waals surface area (Å²) in [6.45, 7) is 4.03. The Bertz CT molecular complexity index is 108. The van der Waals surface area contributed by atoms with Gasteiger partial charge >= 0.3 is 0 Å². The van der Waals surface area contributed by atoms with E-state index in [-0.39, 0.29) is 5.78 Å². The second-order valence-corrected chi connectivity index (χ2v) is 2.54. The first-order valence-electron chi connectivity index (χ1n) is 3.49. The third-order valence-electron chi connectivity index (χ3n) is 1.24. The van der Waals surface area contributed by atoms with Crippen LogP contribution in [0.3, 0.4) is 0 Å². The highest BCUT2D eigenvalue weighted by molar-refractivity contribution is 6.04. The molecular weight excluding hydrogens is 127 g/mol. The van der Waals surface area contributed by atoms with Crippen LogP contribution in [0, 0.1) is 0 Å². The summed E-state index contributed by atoms with van der Waals surface area (Å²) >= 11 is 0. The molecule has 0 unspecified atom stereocenters. The van der Waals surface area contributed by atoms with Crippen molar-refractivity contribution in [2.45, 2.75) is 6.92 Å². The smallest absolute Gasteiger partial charge is 0.181 e. The van der Waals surface area contributed by atoms with Gasteiger partial charge in [0.2, 0.25) is 0 Å². The van der Waals surface area contributed by atoms with Crippen LogP contribution in [-0.4, -0.2) is 45.3 Å². The number of ketones is 1. The maximum Gasteiger partial charge on any atom is 0.181 e. The number of carbonyl (C=O) groups excluding carboxylic acids is 1. The van der Waals surface area contributed by atoms with Crippen LogP contribution in [0.4, 0.5) is 0 Å². The molecule has 58 valence electrons. The van der Waals surface area contributed by atoms with Gasteiger partial charge in [-0.1, -0.05) is 0 Å². The number of hydrogen-bond acceptors (Lipinski definition) is 3. The molecule has 0 fully saturated rings. The maximum atomic E-state index is 10.6. The first kappa shape index (κ1) is 9.65. The van der Waals surface area contributed by atoms with Gasteiger partial charge in [-0.05, 0) is 20.5 Å². The average molecular weight is 142 g/mol. The molecule has 0 radical (unpaired) electrons. The minimum atomic E-state index is 0.221. The van der Waals surface area contributed by atoms with Crippen LogP contribution in [0.1, 0.15) is 6.92 Å². The molecule has 0 aromatic heterocycles. The van der Waals surface area contributed by atoms with E-state index in [1.807, 2.05) is 19.9 Å². The summed E-state index contributed by atoms with van der Waals surface area (Å²) < 4.78 is 0. The number of likely N-dealkylation sites (N-methyl/N-ethyl adjacent to an activating group) is 1. The number of carbonyl (C=O) groups is 1. The van der Waals surface area contributed by atoms with Crippen LogP contribution in [0.15, 0.2) is 0 Å². The van der Waals surface area contributed by atoms with Crippen LogP contribution in [0.25, 0.3) is 0 Å². The van der Waals surface area contributed by atoms with Crippen LogP contribution in [0.2, 0.25) is 0 Å². The fourth-order valence-electron chi connectivity index (χ4n) is 0.762. The summed E-state index contributed by atoms with van der Waals surface area (Å²) in [4.78, 5) is 12.6. The van der Waals surface area contributed by atoms with E-state index in [1.165, 1.54) is 0 Å². The molecule has 0 heterocycles. The van der Waals surface area contributed by atoms with E-state index in [0.717, 1.165) is 13.1 Å². The topological polar surface area (TPSA) is 32.3 Å². The van der Waals surface area contributed by atoms with Crippen molar-refractivity contribution in [3.63, 3.8) is 0 Å². The Morgan fingerprint density at radius 3 is 2.70 bits per heavy atom. The Labute approximate surface area is 63.2 Å². The lowest BCUT2D eigenvalue weighted by Gasteiger charge is -2.13. The SMILES string of the molecule is BNCCN(C)CC(C)=O. The number of hydrogen-bond donors (Lipinski definition) is 1. The molecule has 0 aliphatic rings. The number of nitrogens with one attached hydrogen (secondary N) is 1. The Hall–Kier alpha value is -0.345. The molecule has 0 spiro atoms. The predicted molar refractivity (Wildman–Crippen MR) is 44.7 cm³/mol. The lowest BCUT2D eigenvalue weighted by atomic mass is 10.3. The van der Waals surface area contributed by atoms with Gasteiger partial charge in [-0.2, -0.15) is 0 Å². The largest absolute Gasteiger partial charge is 0.361 e. The minimum Gasteiger partial charge on any atom is -0.361 e. The van der Waals surface area contributed by atoms with E-state index < -0.39 is 0 Å². The second-order valence-electron chi connectivity index (χ2n) is 2.54. The normalized spacial score (nSPS) is 10.3. The van der Waals surface area contributed by atoms with Gasteiger partial charge in [0.15, 0.2) is 7.98 Å². The van der Waals surface area contributed by atoms with Gasteiger partial charge in [0.25, 0.3) is 0 Å². The van der Waals surface area contributed by atoms with Crippen molar-refractivity contribution in [3.05, 3.63) is 0 Å². The van der Waals surface area contributed by atoms with Gasteiger partial charge < -0.3 is 5.23 Å². The summed E-state index contributed by atoms with van der Waals surface area (Å²) in [5, 5.41) is 3.02. The molecule has 0 aliphatic heterocycles. The van der Waals surface area contributed by atoms with E-state index in [2.05, 4.69) is 5.23 Å². The van der Waals surface area contributed by atoms with Gasteiger partial charge in [-0.25, -0.2) is 0 Å². The maximum absolute atomic E-state index is 10.6. The Morgan fingerprint density at radius 1 is 1.70 bits per heavy atom. The van der Waals surface area contributed by atoms with Crippen LogP contribution in [-0.2, 0) is 4.79 Å². The standard InChI is InChI=1S/C6H15BN2O/c1-6(10)5-9(2)4-3-8-7/h8H,3-5,7H2,1-2H3. The molecule has 0 aromatic carbocycles. The fraction of sp³-hybridized carbons (Fsp3) is 0.833. The minimum absolute atomic E-state index is 0.221. The summed E-state index contributed by atoms with van der Waals surface area (Å²) in [5.74, 6) is 0.221. The van der Waals surface area contributed by atoms with E-state index >= 15 is 0 Å². The zero-order chi connectivity index (χ0) is 7.98. The molecule has 0 aromatic rings. The molecule has 0 rings (SSSR count). The Balaban J connectivity index is 3.25. The van der Waals surface area contributed by atoms with Gasteiger partial charge in [0.1, 0.15) is 5.78 Å². The highest BCUT2D eigenvalue weighted by atomic mass is 16.1. The summed E-state index contributed by atoms with van der Waals surface area (Å²) in [6.07, 6.45) is 0. The number of Topliss-reactive ketones (excluding diaryl/α,β-unsaturated/α-hetero) is 1. The molecule has 0 amide bonds. The van der Waals surface area contributed by atoms with Crippen LogP contribution < -0.4 is 5.23 Å². The highest BCUT2D eigenvalue weighted by Gasteiger charge is 1.98. The molecule has 10 heavy (non-hydrogen) atoms. The van der Waals surface area contributed by atoms with Crippen molar-refractivity contribution in [2.24, 2.45) is 0 Å². The monoisotopic (exact) mass is 142 g/mol. The zero-order valence-electron chi connectivity index (χ0n) is 6.98. The summed E-state index contributed by atoms with van der Waals surface area (Å²) in [7, 11) is 3.85. The van der Waals surface area contributed by atoms with Crippen molar-refractivity contribution < 1.29 is 4.79 Å². The lowest BCUT2D eigenvalue weighted by Crippen LogP contribution is -2.31. The van der Waals surface area contributed by atoms with E-state index in [1.54, 1.807) is 6.92 Å². The number of nitrogens with zero attached hydrogens (tertiary/aromatic N) is 1. The van der Waals surface area contributed by atoms with Crippen molar-refractivity contribution in [3.8, 4) is 0 Å². The molecule has 0 bridgehead atoms. The van der Waals surface area contributed by atoms with E-state index in [9.17, 15) is 4.79 Å². The molecular formula is C6H15BN2O. The average Bonchev–Trinajstić information content (AvgIpc) is 1.82. The molecule has 3 nitrogen and oxygen atoms in total. The predicted octanol–water partition coefficient (Wildman–Crippen LogP) is -1.36. The van der Waals surface area contributed by atoms with E-state index in [4.69, 9.17) is 0 Å². The molecule has 0 atom stereocenters. The third kappa shape index (κ3) is 5.79. The van der Waals surface area contributed by atoms with Crippen molar-refractivity contribution in [1.29, 1.82) is 0 Å². The quantitative estimate of drug-likeness (QED) is 0.481. The van der Waals surface area contributed by atoms with Crippen LogP contribution in [0.5, 0.6) is 0 Å². The second kappa shape index (κ2) is 5.44. The Morgan fingerprint density at radius 2 is 2.30 bits per heavy atom. The van der Waals surface area contributed by atoms with Crippen LogP contribution >= 0.6 is 0 Å². The first-order valence-corrected chi connectivity index (χ1v) is 3.49. The summed E-state index contributed by atoms with van der Waals surface area (Å²) in [6, 6.07) is 0. The van der Waals surface area contributed by atoms with Crippen molar-refractivity contribution >= 4 is 13.8 Å². The Kier molecular flexibility index (Phi) is 5.25. The first-order chi connectivity index (χ1) is 4.66. The lowest BCUT2D eigenvalue weighted by molar-refractivity contribution is -0.117.